The first kappa shape index (κ1) is 18.0. The van der Waals surface area contributed by atoms with Gasteiger partial charge in [-0.05, 0) is 36.8 Å². The molecule has 0 radical (unpaired) electrons. The smallest absolute Gasteiger partial charge is 0.337 e. The Bertz CT molecular complexity index is 978. The van der Waals surface area contributed by atoms with E-state index in [1.54, 1.807) is 6.07 Å². The minimum Gasteiger partial charge on any atom is -0.478 e. The molecular formula is C20H19ClN2O3. The summed E-state index contributed by atoms with van der Waals surface area (Å²) < 4.78 is 1.98. The van der Waals surface area contributed by atoms with E-state index >= 15 is 0 Å². The fourth-order valence-corrected chi connectivity index (χ4v) is 3.12. The standard InChI is InChI=1S/C20H19ClN2O3/c1-2-3-10-23-17-7-5-4-6-13(17)11-18(23)19(24)22-16-9-8-14(21)12-15(16)20(25)26/h4-9,11-12H,2-3,10H2,1H3,(H,22,24)(H,25,26). The predicted molar refractivity (Wildman–Crippen MR) is 103 cm³/mol. The number of rotatable bonds is 6. The molecule has 0 aliphatic heterocycles. The number of unbranched alkanes of at least 4 members (excludes halogenated alkanes) is 1. The van der Waals surface area contributed by atoms with Crippen molar-refractivity contribution < 1.29 is 14.7 Å². The van der Waals surface area contributed by atoms with Crippen LogP contribution in [0.25, 0.3) is 10.9 Å². The number of carboxylic acid groups (broad SMARTS) is 1. The molecule has 0 fully saturated rings. The molecule has 6 heteroatoms. The topological polar surface area (TPSA) is 71.3 Å². The number of hydrogen-bond acceptors (Lipinski definition) is 2. The van der Waals surface area contributed by atoms with Gasteiger partial charge in [-0.1, -0.05) is 43.1 Å². The van der Waals surface area contributed by atoms with Gasteiger partial charge < -0.3 is 15.0 Å². The highest BCUT2D eigenvalue weighted by Gasteiger charge is 2.18. The third-order valence-electron chi connectivity index (χ3n) is 4.24. The summed E-state index contributed by atoms with van der Waals surface area (Å²) in [7, 11) is 0. The first-order valence-electron chi connectivity index (χ1n) is 8.43. The number of nitrogens with one attached hydrogen (secondary N) is 1. The van der Waals surface area contributed by atoms with Crippen LogP contribution in [0.4, 0.5) is 5.69 Å². The van der Waals surface area contributed by atoms with Crippen LogP contribution in [0.2, 0.25) is 5.02 Å². The number of fused-ring (bicyclic) bond motifs is 1. The lowest BCUT2D eigenvalue weighted by Gasteiger charge is -2.12. The Kier molecular flexibility index (Phi) is 5.28. The number of benzene rings is 2. The number of carbonyl (C=O) groups excluding carboxylic acids is 1. The number of aryl methyl sites for hydroxylation is 1. The van der Waals surface area contributed by atoms with E-state index in [1.165, 1.54) is 12.1 Å². The molecule has 0 atom stereocenters. The SMILES string of the molecule is CCCCn1c(C(=O)Nc2ccc(Cl)cc2C(=O)O)cc2ccccc21. The molecule has 134 valence electrons. The van der Waals surface area contributed by atoms with Gasteiger partial charge in [-0.2, -0.15) is 0 Å². The number of anilines is 1. The lowest BCUT2D eigenvalue weighted by Crippen LogP contribution is -2.19. The van der Waals surface area contributed by atoms with Crippen molar-refractivity contribution in [1.82, 2.24) is 4.57 Å². The fourth-order valence-electron chi connectivity index (χ4n) is 2.94. The molecule has 2 N–H and O–H groups in total. The summed E-state index contributed by atoms with van der Waals surface area (Å²) >= 11 is 5.87. The molecule has 0 bridgehead atoms. The van der Waals surface area contributed by atoms with E-state index in [2.05, 4.69) is 12.2 Å². The third kappa shape index (κ3) is 3.58. The van der Waals surface area contributed by atoms with E-state index < -0.39 is 5.97 Å². The van der Waals surface area contributed by atoms with E-state index in [0.717, 1.165) is 30.3 Å². The van der Waals surface area contributed by atoms with Crippen LogP contribution in [0.5, 0.6) is 0 Å². The van der Waals surface area contributed by atoms with Crippen LogP contribution in [0.3, 0.4) is 0 Å². The quantitative estimate of drug-likeness (QED) is 0.638. The predicted octanol–water partition coefficient (Wildman–Crippen LogP) is 5.05. The number of halogens is 1. The molecule has 3 aromatic rings. The Balaban J connectivity index is 1.99. The second kappa shape index (κ2) is 7.62. The molecule has 0 aliphatic carbocycles. The van der Waals surface area contributed by atoms with Gasteiger partial charge in [-0.25, -0.2) is 4.79 Å². The largest absolute Gasteiger partial charge is 0.478 e. The van der Waals surface area contributed by atoms with E-state index in [-0.39, 0.29) is 17.2 Å². The van der Waals surface area contributed by atoms with Crippen LogP contribution in [-0.2, 0) is 6.54 Å². The van der Waals surface area contributed by atoms with Gasteiger partial charge in [0.15, 0.2) is 0 Å². The van der Waals surface area contributed by atoms with E-state index in [1.807, 2.05) is 34.9 Å². The zero-order valence-electron chi connectivity index (χ0n) is 14.3. The Labute approximate surface area is 156 Å². The monoisotopic (exact) mass is 370 g/mol. The second-order valence-electron chi connectivity index (χ2n) is 6.04. The first-order chi connectivity index (χ1) is 12.5. The number of para-hydroxylation sites is 1. The van der Waals surface area contributed by atoms with E-state index in [0.29, 0.717) is 10.7 Å². The first-order valence-corrected chi connectivity index (χ1v) is 8.81. The van der Waals surface area contributed by atoms with Crippen LogP contribution < -0.4 is 5.32 Å². The van der Waals surface area contributed by atoms with Gasteiger partial charge in [-0.3, -0.25) is 4.79 Å². The zero-order chi connectivity index (χ0) is 18.7. The summed E-state index contributed by atoms with van der Waals surface area (Å²) in [5.41, 5.74) is 1.67. The maximum Gasteiger partial charge on any atom is 0.337 e. The average molecular weight is 371 g/mol. The molecule has 0 saturated carbocycles. The van der Waals surface area contributed by atoms with Gasteiger partial charge >= 0.3 is 5.97 Å². The van der Waals surface area contributed by atoms with Crippen molar-refractivity contribution in [2.75, 3.05) is 5.32 Å². The number of aromatic nitrogens is 1. The molecule has 1 aromatic heterocycles. The number of carboxylic acids is 1. The molecule has 1 heterocycles. The van der Waals surface area contributed by atoms with Gasteiger partial charge in [0.2, 0.25) is 0 Å². The second-order valence-corrected chi connectivity index (χ2v) is 6.48. The Morgan fingerprint density at radius 1 is 1.15 bits per heavy atom. The van der Waals surface area contributed by atoms with Crippen molar-refractivity contribution in [3.63, 3.8) is 0 Å². The Morgan fingerprint density at radius 3 is 2.65 bits per heavy atom. The number of hydrogen-bond donors (Lipinski definition) is 2. The Morgan fingerprint density at radius 2 is 1.92 bits per heavy atom. The van der Waals surface area contributed by atoms with Crippen molar-refractivity contribution in [1.29, 1.82) is 0 Å². The lowest BCUT2D eigenvalue weighted by molar-refractivity contribution is 0.0698. The van der Waals surface area contributed by atoms with Crippen LogP contribution in [0, 0.1) is 0 Å². The van der Waals surface area contributed by atoms with Gasteiger partial charge in [0, 0.05) is 22.5 Å². The third-order valence-corrected chi connectivity index (χ3v) is 4.47. The number of nitrogens with zero attached hydrogens (tertiary/aromatic N) is 1. The normalized spacial score (nSPS) is 10.8. The van der Waals surface area contributed by atoms with E-state index in [4.69, 9.17) is 11.6 Å². The highest BCUT2D eigenvalue weighted by molar-refractivity contribution is 6.31. The zero-order valence-corrected chi connectivity index (χ0v) is 15.1. The molecule has 0 aliphatic rings. The van der Waals surface area contributed by atoms with Crippen LogP contribution in [-0.4, -0.2) is 21.6 Å². The van der Waals surface area contributed by atoms with Crippen LogP contribution in [0.15, 0.2) is 48.5 Å². The summed E-state index contributed by atoms with van der Waals surface area (Å²) in [6.45, 7) is 2.82. The molecule has 0 saturated heterocycles. The number of carbonyl (C=O) groups is 2. The Hall–Kier alpha value is -2.79. The molecule has 3 rings (SSSR count). The number of aromatic carboxylic acids is 1. The summed E-state index contributed by atoms with van der Waals surface area (Å²) in [5, 5.41) is 13.3. The van der Waals surface area contributed by atoms with Crippen molar-refractivity contribution in [2.24, 2.45) is 0 Å². The summed E-state index contributed by atoms with van der Waals surface area (Å²) in [6.07, 6.45) is 1.95. The van der Waals surface area contributed by atoms with Gasteiger partial charge in [0.1, 0.15) is 5.69 Å². The number of amides is 1. The molecule has 26 heavy (non-hydrogen) atoms. The highest BCUT2D eigenvalue weighted by atomic mass is 35.5. The minimum absolute atomic E-state index is 0.0398. The van der Waals surface area contributed by atoms with Crippen LogP contribution >= 0.6 is 11.6 Å². The highest BCUT2D eigenvalue weighted by Crippen LogP contribution is 2.24. The maximum atomic E-state index is 12.9. The van der Waals surface area contributed by atoms with Gasteiger partial charge in [0.25, 0.3) is 5.91 Å². The molecular weight excluding hydrogens is 352 g/mol. The summed E-state index contributed by atoms with van der Waals surface area (Å²) in [4.78, 5) is 24.3. The molecule has 1 amide bonds. The van der Waals surface area contributed by atoms with Gasteiger partial charge in [-0.15, -0.1) is 0 Å². The molecule has 0 spiro atoms. The molecule has 0 unspecified atom stereocenters. The van der Waals surface area contributed by atoms with Crippen molar-refractivity contribution in [3.8, 4) is 0 Å². The lowest BCUT2D eigenvalue weighted by atomic mass is 10.1. The van der Waals surface area contributed by atoms with Crippen molar-refractivity contribution in [2.45, 2.75) is 26.3 Å². The molecule has 5 nitrogen and oxygen atoms in total. The maximum absolute atomic E-state index is 12.9. The summed E-state index contributed by atoms with van der Waals surface area (Å²) in [5.74, 6) is -1.49. The average Bonchev–Trinajstić information content (AvgIpc) is 3.00. The van der Waals surface area contributed by atoms with Crippen LogP contribution in [0.1, 0.15) is 40.6 Å². The fraction of sp³-hybridized carbons (Fsp3) is 0.200. The minimum atomic E-state index is -1.14. The molecule has 2 aromatic carbocycles. The van der Waals surface area contributed by atoms with Gasteiger partial charge in [0.05, 0.1) is 11.3 Å². The van der Waals surface area contributed by atoms with Crippen molar-refractivity contribution in [3.05, 3.63) is 64.8 Å². The summed E-state index contributed by atoms with van der Waals surface area (Å²) in [6, 6.07) is 14.0. The van der Waals surface area contributed by atoms with Crippen molar-refractivity contribution >= 4 is 40.1 Å². The van der Waals surface area contributed by atoms with E-state index in [9.17, 15) is 14.7 Å².